The molecular weight excluding hydrogens is 172 g/mol. The van der Waals surface area contributed by atoms with Crippen LogP contribution in [-0.2, 0) is 0 Å². The summed E-state index contributed by atoms with van der Waals surface area (Å²) < 4.78 is 0. The van der Waals surface area contributed by atoms with Crippen LogP contribution in [0.1, 0.15) is 51.4 Å². The van der Waals surface area contributed by atoms with Crippen LogP contribution < -0.4 is 5.73 Å². The molecule has 82 valence electrons. The molecule has 14 heavy (non-hydrogen) atoms. The van der Waals surface area contributed by atoms with Crippen molar-refractivity contribution in [3.63, 3.8) is 0 Å². The summed E-state index contributed by atoms with van der Waals surface area (Å²) in [4.78, 5) is 2.74. The second-order valence-corrected chi connectivity index (χ2v) is 4.90. The summed E-state index contributed by atoms with van der Waals surface area (Å²) in [6, 6.07) is 1.75. The molecule has 0 atom stereocenters. The maximum Gasteiger partial charge on any atom is 0.0110 e. The molecule has 2 aliphatic rings. The zero-order chi connectivity index (χ0) is 9.80. The lowest BCUT2D eigenvalue weighted by molar-refractivity contribution is 0.141. The van der Waals surface area contributed by atoms with Crippen molar-refractivity contribution >= 4 is 0 Å². The Morgan fingerprint density at radius 2 is 1.29 bits per heavy atom. The van der Waals surface area contributed by atoms with Crippen LogP contribution in [0.4, 0.5) is 0 Å². The fraction of sp³-hybridized carbons (Fsp3) is 1.00. The molecule has 0 saturated heterocycles. The van der Waals surface area contributed by atoms with E-state index in [9.17, 15) is 0 Å². The first kappa shape index (κ1) is 10.4. The van der Waals surface area contributed by atoms with E-state index in [-0.39, 0.29) is 0 Å². The highest BCUT2D eigenvalue weighted by molar-refractivity contribution is 4.85. The van der Waals surface area contributed by atoms with Gasteiger partial charge in [0.1, 0.15) is 0 Å². The minimum atomic E-state index is 0.840. The standard InChI is InChI=1S/C12H24N2/c13-9-10-14(11-5-1-2-6-11)12-7-3-4-8-12/h11-12H,1-10,13H2. The molecule has 0 aromatic rings. The Labute approximate surface area is 87.8 Å². The monoisotopic (exact) mass is 196 g/mol. The first-order valence-electron chi connectivity index (χ1n) is 6.37. The van der Waals surface area contributed by atoms with Gasteiger partial charge in [-0.25, -0.2) is 0 Å². The Kier molecular flexibility index (Phi) is 3.82. The average molecular weight is 196 g/mol. The second-order valence-electron chi connectivity index (χ2n) is 4.90. The van der Waals surface area contributed by atoms with E-state index in [1.807, 2.05) is 0 Å². The van der Waals surface area contributed by atoms with Gasteiger partial charge in [0, 0.05) is 25.2 Å². The van der Waals surface area contributed by atoms with E-state index in [0.717, 1.165) is 25.2 Å². The normalized spacial score (nSPS) is 25.3. The Morgan fingerprint density at radius 3 is 1.64 bits per heavy atom. The fourth-order valence-electron chi connectivity index (χ4n) is 3.28. The number of nitrogens with zero attached hydrogens (tertiary/aromatic N) is 1. The highest BCUT2D eigenvalue weighted by Crippen LogP contribution is 2.30. The van der Waals surface area contributed by atoms with Crippen molar-refractivity contribution in [1.29, 1.82) is 0 Å². The van der Waals surface area contributed by atoms with Crippen LogP contribution in [0, 0.1) is 0 Å². The molecule has 2 heteroatoms. The molecule has 0 spiro atoms. The molecule has 0 amide bonds. The number of rotatable bonds is 4. The van der Waals surface area contributed by atoms with Crippen LogP contribution in [0.2, 0.25) is 0 Å². The van der Waals surface area contributed by atoms with Crippen molar-refractivity contribution in [2.45, 2.75) is 63.5 Å². The first-order valence-corrected chi connectivity index (χ1v) is 6.37. The fourth-order valence-corrected chi connectivity index (χ4v) is 3.28. The lowest BCUT2D eigenvalue weighted by Gasteiger charge is -2.34. The molecule has 2 nitrogen and oxygen atoms in total. The maximum absolute atomic E-state index is 5.72. The maximum atomic E-state index is 5.72. The highest BCUT2D eigenvalue weighted by atomic mass is 15.2. The van der Waals surface area contributed by atoms with Gasteiger partial charge < -0.3 is 5.73 Å². The Hall–Kier alpha value is -0.0800. The zero-order valence-electron chi connectivity index (χ0n) is 9.25. The molecule has 2 rings (SSSR count). The van der Waals surface area contributed by atoms with Gasteiger partial charge in [-0.2, -0.15) is 0 Å². The molecular formula is C12H24N2. The summed E-state index contributed by atoms with van der Waals surface area (Å²) in [6.45, 7) is 1.97. The summed E-state index contributed by atoms with van der Waals surface area (Å²) in [5.74, 6) is 0. The predicted molar refractivity (Wildman–Crippen MR) is 60.3 cm³/mol. The lowest BCUT2D eigenvalue weighted by Crippen LogP contribution is -2.43. The Balaban J connectivity index is 1.91. The first-order chi connectivity index (χ1) is 6.92. The molecule has 2 saturated carbocycles. The topological polar surface area (TPSA) is 29.3 Å². The molecule has 0 aromatic heterocycles. The van der Waals surface area contributed by atoms with Crippen LogP contribution in [-0.4, -0.2) is 30.1 Å². The van der Waals surface area contributed by atoms with Gasteiger partial charge in [-0.15, -0.1) is 0 Å². The zero-order valence-corrected chi connectivity index (χ0v) is 9.25. The van der Waals surface area contributed by atoms with Gasteiger partial charge in [0.15, 0.2) is 0 Å². The van der Waals surface area contributed by atoms with Gasteiger partial charge in [0.25, 0.3) is 0 Å². The molecule has 2 N–H and O–H groups in total. The predicted octanol–water partition coefficient (Wildman–Crippen LogP) is 2.13. The van der Waals surface area contributed by atoms with Crippen molar-refractivity contribution in [3.05, 3.63) is 0 Å². The van der Waals surface area contributed by atoms with Crippen LogP contribution >= 0.6 is 0 Å². The van der Waals surface area contributed by atoms with Gasteiger partial charge in [-0.05, 0) is 25.7 Å². The van der Waals surface area contributed by atoms with Crippen molar-refractivity contribution in [2.75, 3.05) is 13.1 Å². The Morgan fingerprint density at radius 1 is 0.857 bits per heavy atom. The third-order valence-corrected chi connectivity index (χ3v) is 3.97. The summed E-state index contributed by atoms with van der Waals surface area (Å²) in [6.07, 6.45) is 11.5. The number of hydrogen-bond acceptors (Lipinski definition) is 2. The van der Waals surface area contributed by atoms with E-state index in [1.54, 1.807) is 0 Å². The van der Waals surface area contributed by atoms with Crippen LogP contribution in [0.3, 0.4) is 0 Å². The van der Waals surface area contributed by atoms with Gasteiger partial charge in [0.05, 0.1) is 0 Å². The number of hydrogen-bond donors (Lipinski definition) is 1. The van der Waals surface area contributed by atoms with Gasteiger partial charge in [0.2, 0.25) is 0 Å². The third-order valence-electron chi connectivity index (χ3n) is 3.97. The summed E-state index contributed by atoms with van der Waals surface area (Å²) in [5.41, 5.74) is 5.72. The summed E-state index contributed by atoms with van der Waals surface area (Å²) in [5, 5.41) is 0. The molecule has 2 fully saturated rings. The van der Waals surface area contributed by atoms with E-state index in [4.69, 9.17) is 5.73 Å². The van der Waals surface area contributed by atoms with Crippen molar-refractivity contribution < 1.29 is 0 Å². The molecule has 0 heterocycles. The van der Waals surface area contributed by atoms with Crippen LogP contribution in [0.25, 0.3) is 0 Å². The Bertz CT molecular complexity index is 142. The van der Waals surface area contributed by atoms with Crippen molar-refractivity contribution in [1.82, 2.24) is 4.90 Å². The molecule has 0 unspecified atom stereocenters. The lowest BCUT2D eigenvalue weighted by atomic mass is 10.1. The molecule has 0 aliphatic heterocycles. The third kappa shape index (κ3) is 2.29. The minimum Gasteiger partial charge on any atom is -0.329 e. The molecule has 2 aliphatic carbocycles. The average Bonchev–Trinajstić information content (AvgIpc) is 2.87. The van der Waals surface area contributed by atoms with E-state index >= 15 is 0 Å². The molecule has 0 aromatic carbocycles. The van der Waals surface area contributed by atoms with Crippen LogP contribution in [0.15, 0.2) is 0 Å². The van der Waals surface area contributed by atoms with Gasteiger partial charge in [-0.3, -0.25) is 4.90 Å². The van der Waals surface area contributed by atoms with Crippen LogP contribution in [0.5, 0.6) is 0 Å². The number of nitrogens with two attached hydrogens (primary N) is 1. The molecule has 0 radical (unpaired) electrons. The van der Waals surface area contributed by atoms with Crippen molar-refractivity contribution in [2.24, 2.45) is 5.73 Å². The van der Waals surface area contributed by atoms with Crippen molar-refractivity contribution in [3.8, 4) is 0 Å². The van der Waals surface area contributed by atoms with E-state index in [1.165, 1.54) is 51.4 Å². The summed E-state index contributed by atoms with van der Waals surface area (Å²) >= 11 is 0. The van der Waals surface area contributed by atoms with E-state index in [0.29, 0.717) is 0 Å². The van der Waals surface area contributed by atoms with Gasteiger partial charge in [-0.1, -0.05) is 25.7 Å². The minimum absolute atomic E-state index is 0.840. The quantitative estimate of drug-likeness (QED) is 0.746. The SMILES string of the molecule is NCCN(C1CCCC1)C1CCCC1. The second kappa shape index (κ2) is 5.13. The van der Waals surface area contributed by atoms with Gasteiger partial charge >= 0.3 is 0 Å². The smallest absolute Gasteiger partial charge is 0.0110 e. The van der Waals surface area contributed by atoms with E-state index < -0.39 is 0 Å². The summed E-state index contributed by atoms with van der Waals surface area (Å²) in [7, 11) is 0. The van der Waals surface area contributed by atoms with E-state index in [2.05, 4.69) is 4.90 Å². The highest BCUT2D eigenvalue weighted by Gasteiger charge is 2.29. The molecule has 0 bridgehead atoms. The largest absolute Gasteiger partial charge is 0.329 e.